The number of nitrogens with one attached hydrogen (secondary N) is 2. The largest absolute Gasteiger partial charge is 0.468 e. The van der Waals surface area contributed by atoms with Gasteiger partial charge in [-0.1, -0.05) is 38.1 Å². The smallest absolute Gasteiger partial charge is 0.408 e. The fourth-order valence-corrected chi connectivity index (χ4v) is 3.55. The summed E-state index contributed by atoms with van der Waals surface area (Å²) < 4.78 is 9.88. The van der Waals surface area contributed by atoms with Crippen molar-refractivity contribution in [3.63, 3.8) is 0 Å². The molecule has 0 saturated carbocycles. The van der Waals surface area contributed by atoms with Crippen molar-refractivity contribution in [1.29, 1.82) is 0 Å². The zero-order valence-corrected chi connectivity index (χ0v) is 22.3. The maximum atomic E-state index is 13.5. The van der Waals surface area contributed by atoms with E-state index in [2.05, 4.69) is 29.2 Å². The van der Waals surface area contributed by atoms with E-state index in [9.17, 15) is 19.2 Å². The summed E-state index contributed by atoms with van der Waals surface area (Å²) in [5, 5.41) is 5.09. The van der Waals surface area contributed by atoms with Gasteiger partial charge < -0.3 is 25.0 Å². The van der Waals surface area contributed by atoms with Gasteiger partial charge in [-0.2, -0.15) is 0 Å². The number of aryl methyl sites for hydroxylation is 1. The molecule has 2 unspecified atom stereocenters. The Kier molecular flexibility index (Phi) is 11.7. The van der Waals surface area contributed by atoms with E-state index >= 15 is 0 Å². The predicted molar refractivity (Wildman–Crippen MR) is 134 cm³/mol. The number of hydrogen-bond acceptors (Lipinski definition) is 6. The van der Waals surface area contributed by atoms with E-state index in [1.165, 1.54) is 12.0 Å². The molecule has 1 aromatic carbocycles. The van der Waals surface area contributed by atoms with Crippen LogP contribution in [0.3, 0.4) is 0 Å². The molecule has 0 aromatic heterocycles. The van der Waals surface area contributed by atoms with E-state index < -0.39 is 35.5 Å². The second-order valence-electron chi connectivity index (χ2n) is 10.0. The van der Waals surface area contributed by atoms with E-state index in [0.29, 0.717) is 17.9 Å². The second-order valence-corrected chi connectivity index (χ2v) is 10.0. The molecule has 0 heterocycles. The van der Waals surface area contributed by atoms with Crippen LogP contribution in [-0.4, -0.2) is 60.6 Å². The van der Waals surface area contributed by atoms with Gasteiger partial charge in [-0.15, -0.1) is 0 Å². The first kappa shape index (κ1) is 29.9. The molecule has 0 saturated heterocycles. The zero-order chi connectivity index (χ0) is 26.8. The lowest BCUT2D eigenvalue weighted by Crippen LogP contribution is -2.52. The van der Waals surface area contributed by atoms with Crippen LogP contribution in [-0.2, 0) is 23.9 Å². The van der Waals surface area contributed by atoms with Gasteiger partial charge in [-0.3, -0.25) is 14.4 Å². The lowest BCUT2D eigenvalue weighted by molar-refractivity contribution is -0.145. The Balaban J connectivity index is 3.34. The van der Waals surface area contributed by atoms with Gasteiger partial charge in [0.2, 0.25) is 11.8 Å². The molecule has 196 valence electrons. The van der Waals surface area contributed by atoms with Crippen molar-refractivity contribution in [2.45, 2.75) is 79.0 Å². The maximum Gasteiger partial charge on any atom is 0.408 e. The number of nitrogens with zero attached hydrogens (tertiary/aromatic N) is 1. The van der Waals surface area contributed by atoms with Crippen molar-refractivity contribution in [2.24, 2.45) is 5.92 Å². The van der Waals surface area contributed by atoms with Gasteiger partial charge in [0.15, 0.2) is 0 Å². The van der Waals surface area contributed by atoms with E-state index in [-0.39, 0.29) is 19.1 Å². The highest BCUT2D eigenvalue weighted by molar-refractivity contribution is 5.92. The van der Waals surface area contributed by atoms with Crippen LogP contribution in [0.4, 0.5) is 4.79 Å². The summed E-state index contributed by atoms with van der Waals surface area (Å²) in [5.41, 5.74) is 0.742. The van der Waals surface area contributed by atoms with Crippen molar-refractivity contribution in [2.75, 3.05) is 20.2 Å². The van der Waals surface area contributed by atoms with E-state index in [4.69, 9.17) is 4.74 Å². The number of alkyl carbamates (subject to hydrolysis) is 1. The Morgan fingerprint density at radius 1 is 0.971 bits per heavy atom. The van der Waals surface area contributed by atoms with Crippen molar-refractivity contribution >= 4 is 23.9 Å². The minimum atomic E-state index is -1.00. The van der Waals surface area contributed by atoms with Crippen LogP contribution >= 0.6 is 0 Å². The lowest BCUT2D eigenvalue weighted by atomic mass is 9.95. The van der Waals surface area contributed by atoms with Crippen molar-refractivity contribution in [1.82, 2.24) is 15.5 Å². The average molecular weight is 492 g/mol. The van der Waals surface area contributed by atoms with Gasteiger partial charge in [-0.05, 0) is 64.5 Å². The first-order valence-corrected chi connectivity index (χ1v) is 11.9. The molecule has 2 N–H and O–H groups in total. The highest BCUT2D eigenvalue weighted by atomic mass is 16.6. The molecule has 0 aliphatic rings. The topological polar surface area (TPSA) is 114 Å². The third kappa shape index (κ3) is 10.4. The fourth-order valence-electron chi connectivity index (χ4n) is 3.55. The zero-order valence-electron chi connectivity index (χ0n) is 22.3. The summed E-state index contributed by atoms with van der Waals surface area (Å²) in [6.07, 6.45) is 0.778. The SMILES string of the molecule is COC(=O)CNC(=O)C(c1ccccc1C)N(C(=O)CNC(=O)OC(C)(C)C)C(C)CCC(C)C. The average Bonchev–Trinajstić information content (AvgIpc) is 2.77. The molecule has 1 rings (SSSR count). The van der Waals surface area contributed by atoms with E-state index in [1.807, 2.05) is 26.0 Å². The highest BCUT2D eigenvalue weighted by Gasteiger charge is 2.35. The molecule has 9 nitrogen and oxygen atoms in total. The molecule has 0 fully saturated rings. The molecule has 2 atom stereocenters. The molecule has 0 bridgehead atoms. The summed E-state index contributed by atoms with van der Waals surface area (Å²) in [6.45, 7) is 12.4. The standard InChI is InChI=1S/C26H41N3O6/c1-17(2)13-14-19(4)29(21(30)15-28-25(33)35-26(5,6)7)23(20-12-10-9-11-18(20)3)24(32)27-16-22(31)34-8/h9-12,17,19,23H,13-16H2,1-8H3,(H,27,32)(H,28,33). The Bertz CT molecular complexity index is 878. The van der Waals surface area contributed by atoms with Gasteiger partial charge in [0.25, 0.3) is 0 Å². The van der Waals surface area contributed by atoms with Crippen LogP contribution < -0.4 is 10.6 Å². The van der Waals surface area contributed by atoms with Crippen LogP contribution in [0.25, 0.3) is 0 Å². The first-order valence-electron chi connectivity index (χ1n) is 11.9. The maximum absolute atomic E-state index is 13.5. The number of benzene rings is 1. The minimum absolute atomic E-state index is 0.321. The Morgan fingerprint density at radius 3 is 2.14 bits per heavy atom. The van der Waals surface area contributed by atoms with Crippen LogP contribution in [0.15, 0.2) is 24.3 Å². The van der Waals surface area contributed by atoms with Crippen LogP contribution in [0, 0.1) is 12.8 Å². The molecular weight excluding hydrogens is 450 g/mol. The Morgan fingerprint density at radius 2 is 1.60 bits per heavy atom. The number of methoxy groups -OCH3 is 1. The van der Waals surface area contributed by atoms with Crippen LogP contribution in [0.1, 0.15) is 71.6 Å². The van der Waals surface area contributed by atoms with E-state index in [1.54, 1.807) is 32.9 Å². The Labute approximate surface area is 208 Å². The third-order valence-electron chi connectivity index (χ3n) is 5.35. The number of rotatable bonds is 11. The van der Waals surface area contributed by atoms with Crippen molar-refractivity contribution < 1.29 is 28.7 Å². The van der Waals surface area contributed by atoms with E-state index in [0.717, 1.165) is 12.0 Å². The number of carbonyl (C=O) groups is 4. The first-order chi connectivity index (χ1) is 16.3. The molecule has 0 radical (unpaired) electrons. The molecule has 0 spiro atoms. The molecule has 0 aliphatic carbocycles. The predicted octanol–water partition coefficient (Wildman–Crippen LogP) is 3.50. The van der Waals surface area contributed by atoms with Gasteiger partial charge in [-0.25, -0.2) is 4.79 Å². The molecule has 9 heteroatoms. The summed E-state index contributed by atoms with van der Waals surface area (Å²) >= 11 is 0. The highest BCUT2D eigenvalue weighted by Crippen LogP contribution is 2.28. The lowest BCUT2D eigenvalue weighted by Gasteiger charge is -2.37. The van der Waals surface area contributed by atoms with Gasteiger partial charge in [0, 0.05) is 6.04 Å². The number of esters is 1. The fraction of sp³-hybridized carbons (Fsp3) is 0.615. The molecule has 3 amide bonds. The van der Waals surface area contributed by atoms with Gasteiger partial charge >= 0.3 is 12.1 Å². The monoisotopic (exact) mass is 491 g/mol. The number of carbonyl (C=O) groups excluding carboxylic acids is 4. The normalized spacial score (nSPS) is 12.9. The summed E-state index contributed by atoms with van der Waals surface area (Å²) in [7, 11) is 1.24. The van der Waals surface area contributed by atoms with Crippen LogP contribution in [0.2, 0.25) is 0 Å². The third-order valence-corrected chi connectivity index (χ3v) is 5.35. The van der Waals surface area contributed by atoms with Crippen molar-refractivity contribution in [3.8, 4) is 0 Å². The summed E-state index contributed by atoms with van der Waals surface area (Å²) in [5.74, 6) is -1.14. The molecule has 1 aromatic rings. The number of amides is 3. The Hall–Kier alpha value is -3.10. The number of hydrogen-bond donors (Lipinski definition) is 2. The molecule has 0 aliphatic heterocycles. The van der Waals surface area contributed by atoms with Gasteiger partial charge in [0.05, 0.1) is 7.11 Å². The quantitative estimate of drug-likeness (QED) is 0.458. The molecular formula is C26H41N3O6. The minimum Gasteiger partial charge on any atom is -0.468 e. The second kappa shape index (κ2) is 13.7. The van der Waals surface area contributed by atoms with Gasteiger partial charge in [0.1, 0.15) is 24.7 Å². The van der Waals surface area contributed by atoms with Crippen molar-refractivity contribution in [3.05, 3.63) is 35.4 Å². The van der Waals surface area contributed by atoms with Crippen LogP contribution in [0.5, 0.6) is 0 Å². The summed E-state index contributed by atoms with van der Waals surface area (Å²) in [6, 6.07) is 5.96. The molecule has 35 heavy (non-hydrogen) atoms. The number of ether oxygens (including phenoxy) is 2. The summed E-state index contributed by atoms with van der Waals surface area (Å²) in [4.78, 5) is 52.3.